The third-order valence-corrected chi connectivity index (χ3v) is 4.42. The van der Waals surface area contributed by atoms with Crippen molar-refractivity contribution in [1.29, 1.82) is 0 Å². The highest BCUT2D eigenvalue weighted by Crippen LogP contribution is 2.10. The summed E-state index contributed by atoms with van der Waals surface area (Å²) >= 11 is 0. The van der Waals surface area contributed by atoms with Gasteiger partial charge in [0.1, 0.15) is 5.82 Å². The summed E-state index contributed by atoms with van der Waals surface area (Å²) in [7, 11) is 1.64. The third kappa shape index (κ3) is 5.64. The van der Waals surface area contributed by atoms with Gasteiger partial charge in [-0.1, -0.05) is 19.1 Å². The van der Waals surface area contributed by atoms with Gasteiger partial charge in [-0.15, -0.1) is 0 Å². The van der Waals surface area contributed by atoms with Crippen LogP contribution in [0.5, 0.6) is 0 Å². The van der Waals surface area contributed by atoms with Crippen LogP contribution in [0.15, 0.2) is 29.1 Å². The van der Waals surface area contributed by atoms with Crippen LogP contribution in [0.4, 0.5) is 0 Å². The number of carbonyl (C=O) groups is 1. The number of nitrogens with zero attached hydrogens (tertiary/aromatic N) is 2. The summed E-state index contributed by atoms with van der Waals surface area (Å²) in [5.74, 6) is 0.533. The summed E-state index contributed by atoms with van der Waals surface area (Å²) in [5, 5.41) is 3.47. The molecule has 0 fully saturated rings. The Balaban J connectivity index is 2.08. The highest BCUT2D eigenvalue weighted by Gasteiger charge is 2.18. The van der Waals surface area contributed by atoms with E-state index < -0.39 is 0 Å². The SMILES string of the molecule is CCC(C)N(CC(=O)NCCCOC)Cc1nc2ccccc2c(=O)[nH]1. The van der Waals surface area contributed by atoms with Gasteiger partial charge in [0, 0.05) is 26.3 Å². The van der Waals surface area contributed by atoms with E-state index in [-0.39, 0.29) is 24.1 Å². The summed E-state index contributed by atoms with van der Waals surface area (Å²) in [6.07, 6.45) is 1.68. The fraction of sp³-hybridized carbons (Fsp3) is 0.526. The number of aromatic amines is 1. The van der Waals surface area contributed by atoms with E-state index >= 15 is 0 Å². The van der Waals surface area contributed by atoms with Gasteiger partial charge in [0.15, 0.2) is 0 Å². The molecule has 1 aromatic heterocycles. The number of amides is 1. The molecular weight excluding hydrogens is 332 g/mol. The average Bonchev–Trinajstić information content (AvgIpc) is 2.64. The standard InChI is InChI=1S/C19H28N4O3/c1-4-14(2)23(13-18(24)20-10-7-11-26-3)12-17-21-16-9-6-5-8-15(16)19(25)22-17/h5-6,8-9,14H,4,7,10-13H2,1-3H3,(H,20,24)(H,21,22,25). The van der Waals surface area contributed by atoms with Crippen LogP contribution >= 0.6 is 0 Å². The van der Waals surface area contributed by atoms with E-state index in [2.05, 4.69) is 29.1 Å². The quantitative estimate of drug-likeness (QED) is 0.630. The highest BCUT2D eigenvalue weighted by atomic mass is 16.5. The average molecular weight is 360 g/mol. The monoisotopic (exact) mass is 360 g/mol. The van der Waals surface area contributed by atoms with Gasteiger partial charge in [-0.2, -0.15) is 0 Å². The molecule has 1 unspecified atom stereocenters. The minimum Gasteiger partial charge on any atom is -0.385 e. The van der Waals surface area contributed by atoms with Gasteiger partial charge < -0.3 is 15.0 Å². The minimum absolute atomic E-state index is 0.0375. The molecule has 2 rings (SSSR count). The molecule has 2 N–H and O–H groups in total. The van der Waals surface area contributed by atoms with E-state index in [1.165, 1.54) is 0 Å². The van der Waals surface area contributed by atoms with Crippen molar-refractivity contribution in [2.45, 2.75) is 39.3 Å². The number of ether oxygens (including phenoxy) is 1. The number of hydrogen-bond donors (Lipinski definition) is 2. The van der Waals surface area contributed by atoms with Crippen molar-refractivity contribution in [2.24, 2.45) is 0 Å². The van der Waals surface area contributed by atoms with Gasteiger partial charge in [0.05, 0.1) is 24.0 Å². The number of carbonyl (C=O) groups excluding carboxylic acids is 1. The summed E-state index contributed by atoms with van der Waals surface area (Å²) in [6, 6.07) is 7.45. The lowest BCUT2D eigenvalue weighted by Crippen LogP contribution is -2.42. The number of rotatable bonds is 10. The molecular formula is C19H28N4O3. The second kappa shape index (κ2) is 10.0. The van der Waals surface area contributed by atoms with E-state index in [9.17, 15) is 9.59 Å². The first-order valence-corrected chi connectivity index (χ1v) is 9.02. The molecule has 0 spiro atoms. The number of aromatic nitrogens is 2. The first kappa shape index (κ1) is 20.1. The zero-order valence-electron chi connectivity index (χ0n) is 15.7. The molecule has 7 nitrogen and oxygen atoms in total. The van der Waals surface area contributed by atoms with Gasteiger partial charge in [-0.25, -0.2) is 4.98 Å². The minimum atomic E-state index is -0.154. The normalized spacial score (nSPS) is 12.5. The maximum atomic E-state index is 12.2. The summed E-state index contributed by atoms with van der Waals surface area (Å²) < 4.78 is 4.98. The number of H-pyrrole nitrogens is 1. The third-order valence-electron chi connectivity index (χ3n) is 4.42. The Hall–Kier alpha value is -2.25. The Morgan fingerprint density at radius 2 is 2.15 bits per heavy atom. The topological polar surface area (TPSA) is 87.3 Å². The van der Waals surface area contributed by atoms with Gasteiger partial charge in [-0.05, 0) is 31.9 Å². The Bertz CT molecular complexity index is 775. The summed E-state index contributed by atoms with van der Waals surface area (Å²) in [5.41, 5.74) is 0.512. The van der Waals surface area contributed by atoms with Gasteiger partial charge in [-0.3, -0.25) is 14.5 Å². The molecule has 1 amide bonds. The molecule has 0 aliphatic heterocycles. The van der Waals surface area contributed by atoms with E-state index in [0.717, 1.165) is 12.8 Å². The van der Waals surface area contributed by atoms with Crippen LogP contribution in [-0.4, -0.2) is 53.6 Å². The molecule has 142 valence electrons. The van der Waals surface area contributed by atoms with Gasteiger partial charge in [0.25, 0.3) is 5.56 Å². The van der Waals surface area contributed by atoms with E-state index in [0.29, 0.717) is 36.4 Å². The zero-order chi connectivity index (χ0) is 18.9. The predicted molar refractivity (Wildman–Crippen MR) is 102 cm³/mol. The maximum Gasteiger partial charge on any atom is 0.258 e. The van der Waals surface area contributed by atoms with E-state index in [1.54, 1.807) is 13.2 Å². The van der Waals surface area contributed by atoms with E-state index in [4.69, 9.17) is 4.74 Å². The van der Waals surface area contributed by atoms with Crippen LogP contribution < -0.4 is 10.9 Å². The molecule has 0 saturated heterocycles. The maximum absolute atomic E-state index is 12.2. The zero-order valence-corrected chi connectivity index (χ0v) is 15.7. The molecule has 1 heterocycles. The van der Waals surface area contributed by atoms with Crippen molar-refractivity contribution >= 4 is 16.8 Å². The van der Waals surface area contributed by atoms with Crippen LogP contribution in [0, 0.1) is 0 Å². The van der Waals surface area contributed by atoms with Crippen molar-refractivity contribution in [2.75, 3.05) is 26.8 Å². The van der Waals surface area contributed by atoms with Crippen molar-refractivity contribution in [3.63, 3.8) is 0 Å². The number of para-hydroxylation sites is 1. The molecule has 26 heavy (non-hydrogen) atoms. The molecule has 2 aromatic rings. The first-order chi connectivity index (χ1) is 12.5. The molecule has 0 aliphatic carbocycles. The number of nitrogens with one attached hydrogen (secondary N) is 2. The Kier molecular flexibility index (Phi) is 7.74. The molecule has 0 saturated carbocycles. The molecule has 1 atom stereocenters. The number of fused-ring (bicyclic) bond motifs is 1. The van der Waals surface area contributed by atoms with Crippen LogP contribution in [0.1, 0.15) is 32.5 Å². The summed E-state index contributed by atoms with van der Waals surface area (Å²) in [4.78, 5) is 33.9. The second-order valence-corrected chi connectivity index (χ2v) is 6.39. The number of hydrogen-bond acceptors (Lipinski definition) is 5. The van der Waals surface area contributed by atoms with Crippen molar-refractivity contribution in [3.05, 3.63) is 40.4 Å². The van der Waals surface area contributed by atoms with Gasteiger partial charge in [0.2, 0.25) is 5.91 Å². The molecule has 0 aliphatic rings. The fourth-order valence-corrected chi connectivity index (χ4v) is 2.71. The Morgan fingerprint density at radius 1 is 1.38 bits per heavy atom. The predicted octanol–water partition coefficient (Wildman–Crippen LogP) is 1.68. The largest absolute Gasteiger partial charge is 0.385 e. The number of methoxy groups -OCH3 is 1. The molecule has 0 radical (unpaired) electrons. The second-order valence-electron chi connectivity index (χ2n) is 6.39. The lowest BCUT2D eigenvalue weighted by atomic mass is 10.2. The summed E-state index contributed by atoms with van der Waals surface area (Å²) in [6.45, 7) is 6.03. The van der Waals surface area contributed by atoms with Crippen LogP contribution in [0.2, 0.25) is 0 Å². The molecule has 7 heteroatoms. The van der Waals surface area contributed by atoms with Crippen molar-refractivity contribution in [1.82, 2.24) is 20.2 Å². The highest BCUT2D eigenvalue weighted by molar-refractivity contribution is 5.78. The van der Waals surface area contributed by atoms with Crippen molar-refractivity contribution in [3.8, 4) is 0 Å². The van der Waals surface area contributed by atoms with Gasteiger partial charge >= 0.3 is 0 Å². The smallest absolute Gasteiger partial charge is 0.258 e. The fourth-order valence-electron chi connectivity index (χ4n) is 2.71. The van der Waals surface area contributed by atoms with Crippen LogP contribution in [-0.2, 0) is 16.1 Å². The van der Waals surface area contributed by atoms with E-state index in [1.807, 2.05) is 23.1 Å². The molecule has 1 aromatic carbocycles. The lowest BCUT2D eigenvalue weighted by Gasteiger charge is -2.27. The molecule has 0 bridgehead atoms. The van der Waals surface area contributed by atoms with Crippen LogP contribution in [0.3, 0.4) is 0 Å². The van der Waals surface area contributed by atoms with Crippen molar-refractivity contribution < 1.29 is 9.53 Å². The first-order valence-electron chi connectivity index (χ1n) is 9.02. The Labute approximate surface area is 153 Å². The number of benzene rings is 1. The lowest BCUT2D eigenvalue weighted by molar-refractivity contribution is -0.123. The Morgan fingerprint density at radius 3 is 2.88 bits per heavy atom. The van der Waals surface area contributed by atoms with Crippen LogP contribution in [0.25, 0.3) is 10.9 Å².